The van der Waals surface area contributed by atoms with Crippen LogP contribution in [0.2, 0.25) is 0 Å². The maximum absolute atomic E-state index is 16.0. The molecule has 0 N–H and O–H groups in total. The van der Waals surface area contributed by atoms with Crippen LogP contribution in [-0.2, 0) is 9.98 Å². The largest absolute Gasteiger partial charge is 0.314 e. The molecule has 59 heavy (non-hydrogen) atoms. The van der Waals surface area contributed by atoms with Gasteiger partial charge in [0.2, 0.25) is 0 Å². The Hall–Kier alpha value is -5.21. The maximum atomic E-state index is 16.0. The summed E-state index contributed by atoms with van der Waals surface area (Å²) in [7, 11) is -2.97. The highest BCUT2D eigenvalue weighted by molar-refractivity contribution is 8.01. The monoisotopic (exact) mass is 803 g/mol. The molecule has 0 radical (unpaired) electrons. The SMILES string of the molecule is CC1C=CC=C(P(=O)(c2ccccc2)C2CC(C)(c3cccc(-c4nc5cc(-c6cccc(-c7ccccc7)c6)ccc5c5c4SC4(C)CC=CC=C54)c3)C=CC2C)C1. The Labute approximate surface area is 354 Å². The smallest absolute Gasteiger partial charge is 0.142 e. The van der Waals surface area contributed by atoms with E-state index in [4.69, 9.17) is 4.98 Å². The van der Waals surface area contributed by atoms with E-state index in [2.05, 4.69) is 198 Å². The summed E-state index contributed by atoms with van der Waals surface area (Å²) in [5.74, 6) is 0.543. The van der Waals surface area contributed by atoms with Crippen LogP contribution in [0.1, 0.15) is 58.1 Å². The summed E-state index contributed by atoms with van der Waals surface area (Å²) in [5, 5.41) is 3.30. The number of benzene rings is 5. The number of aromatic nitrogens is 1. The molecule has 1 aromatic heterocycles. The van der Waals surface area contributed by atoms with E-state index in [0.717, 1.165) is 52.2 Å². The number of pyridine rings is 1. The third-order valence-corrected chi connectivity index (χ3v) is 18.7. The summed E-state index contributed by atoms with van der Waals surface area (Å²) in [6.45, 7) is 9.25. The van der Waals surface area contributed by atoms with Crippen molar-refractivity contribution in [3.63, 3.8) is 0 Å². The molecule has 0 fully saturated rings. The molecular formula is C55H50NOPS. The van der Waals surface area contributed by atoms with Crippen LogP contribution in [0.15, 0.2) is 186 Å². The van der Waals surface area contributed by atoms with E-state index in [9.17, 15) is 0 Å². The van der Waals surface area contributed by atoms with E-state index >= 15 is 4.57 Å². The third-order valence-electron chi connectivity index (χ3n) is 13.4. The fourth-order valence-electron chi connectivity index (χ4n) is 10.1. The van der Waals surface area contributed by atoms with Gasteiger partial charge in [-0.3, -0.25) is 0 Å². The first kappa shape index (κ1) is 38.0. The summed E-state index contributed by atoms with van der Waals surface area (Å²) < 4.78 is 15.9. The van der Waals surface area contributed by atoms with Crippen LogP contribution in [0, 0.1) is 11.8 Å². The van der Waals surface area contributed by atoms with Crippen molar-refractivity contribution in [2.75, 3.05) is 0 Å². The predicted octanol–water partition coefficient (Wildman–Crippen LogP) is 14.8. The number of hydrogen-bond donors (Lipinski definition) is 0. The second-order valence-electron chi connectivity index (χ2n) is 17.6. The van der Waals surface area contributed by atoms with Crippen LogP contribution in [0.25, 0.3) is 50.0 Å². The van der Waals surface area contributed by atoms with Crippen molar-refractivity contribution in [1.29, 1.82) is 0 Å². The van der Waals surface area contributed by atoms with Crippen molar-refractivity contribution >= 4 is 40.7 Å². The van der Waals surface area contributed by atoms with Crippen LogP contribution in [-0.4, -0.2) is 15.4 Å². The summed E-state index contributed by atoms with van der Waals surface area (Å²) >= 11 is 1.97. The minimum absolute atomic E-state index is 0.0200. The summed E-state index contributed by atoms with van der Waals surface area (Å²) in [5.41, 5.74) is 11.6. The zero-order valence-corrected chi connectivity index (χ0v) is 36.0. The number of hydrogen-bond acceptors (Lipinski definition) is 3. The second kappa shape index (κ2) is 14.8. The van der Waals surface area contributed by atoms with Gasteiger partial charge in [-0.1, -0.05) is 179 Å². The van der Waals surface area contributed by atoms with Gasteiger partial charge in [-0.15, -0.1) is 11.8 Å². The van der Waals surface area contributed by atoms with Crippen molar-refractivity contribution < 1.29 is 4.57 Å². The van der Waals surface area contributed by atoms with Crippen molar-refractivity contribution in [3.05, 3.63) is 192 Å². The average Bonchev–Trinajstić information content (AvgIpc) is 3.60. The van der Waals surface area contributed by atoms with E-state index in [-0.39, 0.29) is 21.7 Å². The van der Waals surface area contributed by atoms with E-state index < -0.39 is 7.14 Å². The molecule has 1 aliphatic heterocycles. The van der Waals surface area contributed by atoms with Gasteiger partial charge in [0.05, 0.1) is 11.2 Å². The van der Waals surface area contributed by atoms with Gasteiger partial charge in [0.15, 0.2) is 0 Å². The Morgan fingerprint density at radius 2 is 1.42 bits per heavy atom. The Kier molecular flexibility index (Phi) is 9.54. The fourth-order valence-corrected chi connectivity index (χ4v) is 15.6. The average molecular weight is 804 g/mol. The molecule has 2 nitrogen and oxygen atoms in total. The topological polar surface area (TPSA) is 30.0 Å². The molecule has 0 spiro atoms. The van der Waals surface area contributed by atoms with E-state index in [0.29, 0.717) is 5.92 Å². The Bertz CT molecular complexity index is 2830. The summed E-state index contributed by atoms with van der Waals surface area (Å²) in [4.78, 5) is 6.88. The molecule has 6 unspecified atom stereocenters. The predicted molar refractivity (Wildman–Crippen MR) is 253 cm³/mol. The van der Waals surface area contributed by atoms with Gasteiger partial charge in [-0.05, 0) is 94.9 Å². The molecule has 4 heteroatoms. The fraction of sp³-hybridized carbons (Fsp3) is 0.218. The molecule has 10 rings (SSSR count). The van der Waals surface area contributed by atoms with Gasteiger partial charge in [-0.25, -0.2) is 4.98 Å². The van der Waals surface area contributed by atoms with E-state index in [1.165, 1.54) is 43.7 Å². The zero-order valence-electron chi connectivity index (χ0n) is 34.3. The first-order chi connectivity index (χ1) is 28.6. The summed E-state index contributed by atoms with van der Waals surface area (Å²) in [6, 6.07) is 45.8. The number of nitrogens with zero attached hydrogens (tertiary/aromatic N) is 1. The Balaban J connectivity index is 1.09. The lowest BCUT2D eigenvalue weighted by Gasteiger charge is -2.43. The van der Waals surface area contributed by atoms with E-state index in [1.807, 2.05) is 17.8 Å². The minimum atomic E-state index is -2.97. The van der Waals surface area contributed by atoms with Crippen LogP contribution < -0.4 is 5.30 Å². The number of rotatable bonds is 7. The number of allylic oxidation sites excluding steroid dienone is 9. The van der Waals surface area contributed by atoms with E-state index in [1.54, 1.807) is 0 Å². The quantitative estimate of drug-likeness (QED) is 0.119. The molecule has 0 bridgehead atoms. The normalized spacial score (nSPS) is 25.5. The lowest BCUT2D eigenvalue weighted by atomic mass is 9.72. The van der Waals surface area contributed by atoms with Gasteiger partial charge in [0.25, 0.3) is 0 Å². The molecule has 2 heterocycles. The number of thioether (sulfide) groups is 1. The first-order valence-corrected chi connectivity index (χ1v) is 23.8. The Morgan fingerprint density at radius 3 is 2.22 bits per heavy atom. The molecule has 6 aromatic rings. The van der Waals surface area contributed by atoms with Crippen molar-refractivity contribution in [2.45, 2.75) is 67.7 Å². The molecular weight excluding hydrogens is 754 g/mol. The lowest BCUT2D eigenvalue weighted by molar-refractivity contribution is 0.435. The van der Waals surface area contributed by atoms with Crippen molar-refractivity contribution in [3.8, 4) is 33.5 Å². The molecule has 5 aromatic carbocycles. The Morgan fingerprint density at radius 1 is 0.712 bits per heavy atom. The molecule has 0 amide bonds. The van der Waals surface area contributed by atoms with Crippen molar-refractivity contribution in [2.24, 2.45) is 11.8 Å². The van der Waals surface area contributed by atoms with Gasteiger partial charge in [0.1, 0.15) is 7.14 Å². The second-order valence-corrected chi connectivity index (χ2v) is 22.2. The van der Waals surface area contributed by atoms with Gasteiger partial charge in [-0.2, -0.15) is 0 Å². The first-order valence-electron chi connectivity index (χ1n) is 21.2. The maximum Gasteiger partial charge on any atom is 0.142 e. The van der Waals surface area contributed by atoms with Crippen LogP contribution in [0.3, 0.4) is 0 Å². The number of fused-ring (bicyclic) bond motifs is 5. The highest BCUT2D eigenvalue weighted by Gasteiger charge is 2.47. The molecule has 292 valence electrons. The van der Waals surface area contributed by atoms with Crippen LogP contribution in [0.5, 0.6) is 0 Å². The van der Waals surface area contributed by atoms with Gasteiger partial charge < -0.3 is 4.57 Å². The molecule has 4 aliphatic rings. The van der Waals surface area contributed by atoms with Crippen LogP contribution >= 0.6 is 18.9 Å². The molecule has 0 saturated heterocycles. The standard InChI is InChI=1S/C55H50NOPS/c1-37-16-13-25-46(32-37)58(57,45-23-9-6-10-24-45)50-36-54(3,31-29-38(50)2)44-22-15-21-43(34-44)52-53-51(48-26-11-12-30-55(48,4)59-53)47-28-27-42(35-49(47)56-52)41-20-14-19-40(33-41)39-17-7-5-8-18-39/h5-29,31,33-35,37-38,50H,30,32,36H2,1-4H3. The minimum Gasteiger partial charge on any atom is -0.314 e. The molecule has 0 saturated carbocycles. The molecule has 3 aliphatic carbocycles. The highest BCUT2D eigenvalue weighted by Crippen LogP contribution is 2.65. The van der Waals surface area contributed by atoms with Gasteiger partial charge in [0, 0.05) is 42.5 Å². The van der Waals surface area contributed by atoms with Crippen LogP contribution in [0.4, 0.5) is 0 Å². The third kappa shape index (κ3) is 6.59. The van der Waals surface area contributed by atoms with Crippen molar-refractivity contribution in [1.82, 2.24) is 4.98 Å². The summed E-state index contributed by atoms with van der Waals surface area (Å²) in [6.07, 6.45) is 20.8. The van der Waals surface area contributed by atoms with Gasteiger partial charge >= 0.3 is 0 Å². The lowest BCUT2D eigenvalue weighted by Crippen LogP contribution is -2.36. The highest BCUT2D eigenvalue weighted by atomic mass is 32.2. The zero-order chi connectivity index (χ0) is 40.4. The molecule has 6 atom stereocenters.